The van der Waals surface area contributed by atoms with Crippen LogP contribution in [-0.4, -0.2) is 24.1 Å². The highest BCUT2D eigenvalue weighted by Crippen LogP contribution is 2.22. The van der Waals surface area contributed by atoms with Gasteiger partial charge < -0.3 is 15.7 Å². The van der Waals surface area contributed by atoms with Crippen molar-refractivity contribution in [3.05, 3.63) is 59.7 Å². The maximum atomic E-state index is 12.7. The van der Waals surface area contributed by atoms with E-state index in [0.29, 0.717) is 18.7 Å². The van der Waals surface area contributed by atoms with Crippen molar-refractivity contribution in [2.45, 2.75) is 13.3 Å². The Balaban J connectivity index is 2.33. The first-order valence-corrected chi connectivity index (χ1v) is 7.00. The Bertz CT molecular complexity index is 608. The number of nitrogens with zero attached hydrogens (tertiary/aromatic N) is 1. The van der Waals surface area contributed by atoms with Crippen LogP contribution in [0.15, 0.2) is 48.5 Å². The zero-order chi connectivity index (χ0) is 15.2. The lowest BCUT2D eigenvalue weighted by Crippen LogP contribution is -2.33. The van der Waals surface area contributed by atoms with Crippen LogP contribution in [0.4, 0.5) is 5.69 Å². The molecule has 0 saturated heterocycles. The predicted molar refractivity (Wildman–Crippen MR) is 84.6 cm³/mol. The molecule has 21 heavy (non-hydrogen) atoms. The number of nitrogens with two attached hydrogens (primary N) is 1. The number of amides is 1. The Morgan fingerprint density at radius 2 is 1.81 bits per heavy atom. The third kappa shape index (κ3) is 3.61. The number of hydrogen-bond donors (Lipinski definition) is 2. The minimum Gasteiger partial charge on any atom is -0.508 e. The van der Waals surface area contributed by atoms with Crippen molar-refractivity contribution >= 4 is 11.6 Å². The quantitative estimate of drug-likeness (QED) is 0.887. The molecule has 110 valence electrons. The third-order valence-corrected chi connectivity index (χ3v) is 3.35. The summed E-state index contributed by atoms with van der Waals surface area (Å²) in [5, 5.41) is 9.34. The summed E-state index contributed by atoms with van der Waals surface area (Å²) in [4.78, 5) is 14.5. The Hall–Kier alpha value is -2.33. The van der Waals surface area contributed by atoms with E-state index in [2.05, 4.69) is 0 Å². The fourth-order valence-electron chi connectivity index (χ4n) is 2.21. The van der Waals surface area contributed by atoms with Gasteiger partial charge in [0.05, 0.1) is 0 Å². The number of benzene rings is 2. The van der Waals surface area contributed by atoms with Crippen molar-refractivity contribution in [2.75, 3.05) is 18.0 Å². The van der Waals surface area contributed by atoms with E-state index in [4.69, 9.17) is 5.73 Å². The Morgan fingerprint density at radius 1 is 1.14 bits per heavy atom. The summed E-state index contributed by atoms with van der Waals surface area (Å²) in [5.41, 5.74) is 8.07. The zero-order valence-corrected chi connectivity index (χ0v) is 12.1. The minimum absolute atomic E-state index is 0.0854. The summed E-state index contributed by atoms with van der Waals surface area (Å²) in [6.07, 6.45) is 0.734. The summed E-state index contributed by atoms with van der Waals surface area (Å²) in [6.45, 7) is 3.08. The number of aromatic hydroxyl groups is 1. The van der Waals surface area contributed by atoms with E-state index in [1.165, 1.54) is 12.1 Å². The molecule has 0 radical (unpaired) electrons. The standard InChI is InChI=1S/C17H20N2O2/c1-13-5-2-3-6-16(13)19(12-4-11-18)17(21)14-7-9-15(20)10-8-14/h2-3,5-10,20H,4,11-12,18H2,1H3. The molecule has 2 rings (SSSR count). The first-order chi connectivity index (χ1) is 10.1. The van der Waals surface area contributed by atoms with Gasteiger partial charge in [0.1, 0.15) is 5.75 Å². The number of phenols is 1. The smallest absolute Gasteiger partial charge is 0.258 e. The molecule has 0 saturated carbocycles. The Kier molecular flexibility index (Phi) is 4.95. The Morgan fingerprint density at radius 3 is 2.43 bits per heavy atom. The summed E-state index contributed by atoms with van der Waals surface area (Å²) in [7, 11) is 0. The summed E-state index contributed by atoms with van der Waals surface area (Å²) in [5.74, 6) is 0.0636. The molecular weight excluding hydrogens is 264 g/mol. The average Bonchev–Trinajstić information content (AvgIpc) is 2.50. The first kappa shape index (κ1) is 15.1. The molecule has 2 aromatic rings. The molecule has 0 aliphatic carbocycles. The van der Waals surface area contributed by atoms with Gasteiger partial charge in [0.2, 0.25) is 0 Å². The monoisotopic (exact) mass is 284 g/mol. The Labute approximate surface area is 124 Å². The lowest BCUT2D eigenvalue weighted by molar-refractivity contribution is 0.0986. The van der Waals surface area contributed by atoms with E-state index >= 15 is 0 Å². The van der Waals surface area contributed by atoms with Crippen molar-refractivity contribution in [2.24, 2.45) is 5.73 Å². The number of carbonyl (C=O) groups is 1. The van der Waals surface area contributed by atoms with Crippen molar-refractivity contribution in [1.82, 2.24) is 0 Å². The molecular formula is C17H20N2O2. The molecule has 0 spiro atoms. The van der Waals surface area contributed by atoms with Crippen LogP contribution >= 0.6 is 0 Å². The molecule has 0 bridgehead atoms. The summed E-state index contributed by atoms with van der Waals surface area (Å²) >= 11 is 0. The third-order valence-electron chi connectivity index (χ3n) is 3.35. The van der Waals surface area contributed by atoms with Gasteiger partial charge in [-0.3, -0.25) is 4.79 Å². The van der Waals surface area contributed by atoms with Gasteiger partial charge in [-0.05, 0) is 55.8 Å². The van der Waals surface area contributed by atoms with Crippen LogP contribution in [0.3, 0.4) is 0 Å². The van der Waals surface area contributed by atoms with Crippen LogP contribution < -0.4 is 10.6 Å². The van der Waals surface area contributed by atoms with Gasteiger partial charge in [-0.1, -0.05) is 18.2 Å². The van der Waals surface area contributed by atoms with E-state index in [0.717, 1.165) is 17.7 Å². The molecule has 0 heterocycles. The van der Waals surface area contributed by atoms with E-state index in [1.54, 1.807) is 17.0 Å². The average molecular weight is 284 g/mol. The van der Waals surface area contributed by atoms with Gasteiger partial charge in [-0.15, -0.1) is 0 Å². The van der Waals surface area contributed by atoms with E-state index < -0.39 is 0 Å². The topological polar surface area (TPSA) is 66.6 Å². The molecule has 3 N–H and O–H groups in total. The molecule has 1 amide bonds. The van der Waals surface area contributed by atoms with E-state index in [-0.39, 0.29) is 11.7 Å². The van der Waals surface area contributed by atoms with Crippen LogP contribution in [-0.2, 0) is 0 Å². The van der Waals surface area contributed by atoms with Crippen LogP contribution in [0.5, 0.6) is 5.75 Å². The number of carbonyl (C=O) groups excluding carboxylic acids is 1. The van der Waals surface area contributed by atoms with Crippen molar-refractivity contribution in [3.8, 4) is 5.75 Å². The van der Waals surface area contributed by atoms with E-state index in [1.807, 2.05) is 31.2 Å². The summed E-state index contributed by atoms with van der Waals surface area (Å²) in [6, 6.07) is 14.1. The maximum absolute atomic E-state index is 12.7. The number of anilines is 1. The first-order valence-electron chi connectivity index (χ1n) is 7.00. The maximum Gasteiger partial charge on any atom is 0.258 e. The van der Waals surface area contributed by atoms with Crippen LogP contribution in [0, 0.1) is 6.92 Å². The van der Waals surface area contributed by atoms with Gasteiger partial charge >= 0.3 is 0 Å². The molecule has 0 fully saturated rings. The zero-order valence-electron chi connectivity index (χ0n) is 12.1. The SMILES string of the molecule is Cc1ccccc1N(CCCN)C(=O)c1ccc(O)cc1. The van der Waals surface area contributed by atoms with Gasteiger partial charge in [0, 0.05) is 17.8 Å². The van der Waals surface area contributed by atoms with Crippen molar-refractivity contribution < 1.29 is 9.90 Å². The number of phenolic OH excluding ortho intramolecular Hbond substituents is 1. The second-order valence-electron chi connectivity index (χ2n) is 4.93. The molecule has 4 nitrogen and oxygen atoms in total. The minimum atomic E-state index is -0.0854. The molecule has 0 aromatic heterocycles. The lowest BCUT2D eigenvalue weighted by atomic mass is 10.1. The second kappa shape index (κ2) is 6.90. The van der Waals surface area contributed by atoms with Crippen molar-refractivity contribution in [3.63, 3.8) is 0 Å². The summed E-state index contributed by atoms with van der Waals surface area (Å²) < 4.78 is 0. The van der Waals surface area contributed by atoms with Gasteiger partial charge in [-0.2, -0.15) is 0 Å². The fraction of sp³-hybridized carbons (Fsp3) is 0.235. The molecule has 0 aliphatic rings. The lowest BCUT2D eigenvalue weighted by Gasteiger charge is -2.24. The normalized spacial score (nSPS) is 10.4. The number of rotatable bonds is 5. The van der Waals surface area contributed by atoms with Crippen LogP contribution in [0.2, 0.25) is 0 Å². The van der Waals surface area contributed by atoms with Gasteiger partial charge in [0.25, 0.3) is 5.91 Å². The van der Waals surface area contributed by atoms with E-state index in [9.17, 15) is 9.90 Å². The highest BCUT2D eigenvalue weighted by molar-refractivity contribution is 6.06. The highest BCUT2D eigenvalue weighted by atomic mass is 16.3. The molecule has 2 aromatic carbocycles. The fourth-order valence-corrected chi connectivity index (χ4v) is 2.21. The number of hydrogen-bond acceptors (Lipinski definition) is 3. The van der Waals surface area contributed by atoms with Gasteiger partial charge in [-0.25, -0.2) is 0 Å². The van der Waals surface area contributed by atoms with Crippen LogP contribution in [0.25, 0.3) is 0 Å². The largest absolute Gasteiger partial charge is 0.508 e. The highest BCUT2D eigenvalue weighted by Gasteiger charge is 2.18. The number of para-hydroxylation sites is 1. The molecule has 0 unspecified atom stereocenters. The molecule has 4 heteroatoms. The van der Waals surface area contributed by atoms with Crippen LogP contribution in [0.1, 0.15) is 22.3 Å². The van der Waals surface area contributed by atoms with Crippen molar-refractivity contribution in [1.29, 1.82) is 0 Å². The molecule has 0 atom stereocenters. The number of aryl methyl sites for hydroxylation is 1. The molecule has 0 aliphatic heterocycles. The van der Waals surface area contributed by atoms with Gasteiger partial charge in [0.15, 0.2) is 0 Å². The predicted octanol–water partition coefficient (Wildman–Crippen LogP) is 2.70. The second-order valence-corrected chi connectivity index (χ2v) is 4.93.